The van der Waals surface area contributed by atoms with Crippen LogP contribution >= 0.6 is 11.3 Å². The Morgan fingerprint density at radius 2 is 2.21 bits per heavy atom. The predicted molar refractivity (Wildman–Crippen MR) is 94.2 cm³/mol. The van der Waals surface area contributed by atoms with Crippen molar-refractivity contribution in [2.24, 2.45) is 4.99 Å². The molecule has 2 aromatic heterocycles. The summed E-state index contributed by atoms with van der Waals surface area (Å²) in [6.45, 7) is 5.86. The van der Waals surface area contributed by atoms with Crippen LogP contribution in [0, 0.1) is 6.92 Å². The number of aryl methyl sites for hydroxylation is 2. The molecule has 6 nitrogen and oxygen atoms in total. The first-order valence-electron chi connectivity index (χ1n) is 7.84. The summed E-state index contributed by atoms with van der Waals surface area (Å²) >= 11 is 1.52. The third-order valence-electron chi connectivity index (χ3n) is 3.79. The molecule has 0 spiro atoms. The molecule has 0 aliphatic carbocycles. The van der Waals surface area contributed by atoms with Crippen LogP contribution in [-0.4, -0.2) is 34.0 Å². The summed E-state index contributed by atoms with van der Waals surface area (Å²) in [7, 11) is 1.67. The molecule has 0 atom stereocenters. The van der Waals surface area contributed by atoms with Crippen LogP contribution in [0.2, 0.25) is 0 Å². The van der Waals surface area contributed by atoms with E-state index in [0.717, 1.165) is 10.2 Å². The molecule has 3 rings (SSSR count). The highest BCUT2D eigenvalue weighted by Gasteiger charge is 2.12. The van der Waals surface area contributed by atoms with E-state index in [9.17, 15) is 4.79 Å². The van der Waals surface area contributed by atoms with Gasteiger partial charge in [-0.1, -0.05) is 17.4 Å². The Hall–Kier alpha value is -2.25. The zero-order chi connectivity index (χ0) is 17.1. The first kappa shape index (κ1) is 16.6. The maximum absolute atomic E-state index is 12.6. The smallest absolute Gasteiger partial charge is 0.297 e. The van der Waals surface area contributed by atoms with E-state index in [0.29, 0.717) is 30.2 Å². The van der Waals surface area contributed by atoms with E-state index in [-0.39, 0.29) is 5.91 Å². The van der Waals surface area contributed by atoms with Crippen LogP contribution < -0.4 is 4.80 Å². The number of fused-ring (bicyclic) bond motifs is 1. The number of hydrogen-bond acceptors (Lipinski definition) is 4. The molecular formula is C17H20N4O2S. The third-order valence-corrected chi connectivity index (χ3v) is 4.83. The van der Waals surface area contributed by atoms with Crippen LogP contribution in [0.3, 0.4) is 0 Å². The minimum atomic E-state index is -0.274. The van der Waals surface area contributed by atoms with Gasteiger partial charge in [-0.3, -0.25) is 9.48 Å². The quantitative estimate of drug-likeness (QED) is 0.715. The van der Waals surface area contributed by atoms with E-state index in [1.165, 1.54) is 16.9 Å². The van der Waals surface area contributed by atoms with Crippen molar-refractivity contribution in [2.75, 3.05) is 13.7 Å². The van der Waals surface area contributed by atoms with Crippen molar-refractivity contribution >= 4 is 27.5 Å². The molecule has 0 unspecified atom stereocenters. The number of carbonyl (C=O) groups is 1. The molecule has 0 saturated carbocycles. The number of benzene rings is 1. The number of amides is 1. The molecular weight excluding hydrogens is 324 g/mol. The highest BCUT2D eigenvalue weighted by atomic mass is 32.1. The zero-order valence-electron chi connectivity index (χ0n) is 14.0. The molecule has 2 heterocycles. The van der Waals surface area contributed by atoms with Gasteiger partial charge in [-0.05, 0) is 37.6 Å². The van der Waals surface area contributed by atoms with Gasteiger partial charge >= 0.3 is 0 Å². The fourth-order valence-electron chi connectivity index (χ4n) is 2.57. The molecule has 1 amide bonds. The summed E-state index contributed by atoms with van der Waals surface area (Å²) < 4.78 is 10.0. The van der Waals surface area contributed by atoms with Crippen LogP contribution in [0.15, 0.2) is 35.5 Å². The first-order chi connectivity index (χ1) is 11.6. The number of hydrogen-bond donors (Lipinski definition) is 0. The lowest BCUT2D eigenvalue weighted by Crippen LogP contribution is -2.20. The summed E-state index contributed by atoms with van der Waals surface area (Å²) in [5.41, 5.74) is 2.76. The Kier molecular flexibility index (Phi) is 4.92. The normalized spacial score (nSPS) is 12.2. The predicted octanol–water partition coefficient (Wildman–Crippen LogP) is 2.62. The van der Waals surface area contributed by atoms with Crippen LogP contribution in [0.5, 0.6) is 0 Å². The number of rotatable bonds is 5. The van der Waals surface area contributed by atoms with Crippen molar-refractivity contribution in [1.82, 2.24) is 14.3 Å². The Labute approximate surface area is 144 Å². The zero-order valence-corrected chi connectivity index (χ0v) is 14.8. The second kappa shape index (κ2) is 7.11. The first-order valence-corrected chi connectivity index (χ1v) is 8.65. The van der Waals surface area contributed by atoms with Crippen LogP contribution in [0.25, 0.3) is 10.2 Å². The molecule has 1 aromatic carbocycles. The monoisotopic (exact) mass is 344 g/mol. The van der Waals surface area contributed by atoms with E-state index in [1.54, 1.807) is 24.1 Å². The molecule has 0 aliphatic rings. The third kappa shape index (κ3) is 3.18. The number of methoxy groups -OCH3 is 1. The fraction of sp³-hybridized carbons (Fsp3) is 0.353. The second-order valence-corrected chi connectivity index (χ2v) is 6.46. The van der Waals surface area contributed by atoms with Crippen molar-refractivity contribution in [2.45, 2.75) is 26.9 Å². The Morgan fingerprint density at radius 3 is 2.96 bits per heavy atom. The maximum Gasteiger partial charge on any atom is 0.297 e. The average Bonchev–Trinajstić information content (AvgIpc) is 3.16. The van der Waals surface area contributed by atoms with Gasteiger partial charge in [0.15, 0.2) is 4.80 Å². The molecule has 0 N–H and O–H groups in total. The van der Waals surface area contributed by atoms with Gasteiger partial charge in [0.25, 0.3) is 5.91 Å². The Bertz CT molecular complexity index is 936. The SMILES string of the molecule is CCn1nccc1C(=O)N=c1sc2cc(C)ccc2n1CCOC. The van der Waals surface area contributed by atoms with Crippen LogP contribution in [0.1, 0.15) is 23.0 Å². The van der Waals surface area contributed by atoms with Crippen LogP contribution in [-0.2, 0) is 17.8 Å². The van der Waals surface area contributed by atoms with Crippen molar-refractivity contribution in [1.29, 1.82) is 0 Å². The van der Waals surface area contributed by atoms with Gasteiger partial charge in [-0.25, -0.2) is 0 Å². The van der Waals surface area contributed by atoms with E-state index in [2.05, 4.69) is 35.2 Å². The summed E-state index contributed by atoms with van der Waals surface area (Å²) in [6.07, 6.45) is 1.62. The molecule has 0 radical (unpaired) electrons. The molecule has 0 fully saturated rings. The van der Waals surface area contributed by atoms with E-state index < -0.39 is 0 Å². The minimum absolute atomic E-state index is 0.274. The lowest BCUT2D eigenvalue weighted by molar-refractivity contribution is 0.0987. The van der Waals surface area contributed by atoms with Gasteiger partial charge in [0, 0.05) is 26.4 Å². The lowest BCUT2D eigenvalue weighted by Gasteiger charge is -2.04. The average molecular weight is 344 g/mol. The summed E-state index contributed by atoms with van der Waals surface area (Å²) in [6, 6.07) is 7.95. The summed E-state index contributed by atoms with van der Waals surface area (Å²) in [4.78, 5) is 17.6. The number of nitrogens with zero attached hydrogens (tertiary/aromatic N) is 4. The Balaban J connectivity index is 2.11. The molecule has 0 bridgehead atoms. The molecule has 24 heavy (non-hydrogen) atoms. The van der Waals surface area contributed by atoms with Gasteiger partial charge in [0.05, 0.1) is 16.8 Å². The highest BCUT2D eigenvalue weighted by molar-refractivity contribution is 7.16. The van der Waals surface area contributed by atoms with E-state index in [1.807, 2.05) is 11.5 Å². The fourth-order valence-corrected chi connectivity index (χ4v) is 3.73. The van der Waals surface area contributed by atoms with Crippen molar-refractivity contribution in [3.05, 3.63) is 46.5 Å². The van der Waals surface area contributed by atoms with Gasteiger partial charge in [0.2, 0.25) is 0 Å². The molecule has 3 aromatic rings. The van der Waals surface area contributed by atoms with Crippen molar-refractivity contribution < 1.29 is 9.53 Å². The molecule has 7 heteroatoms. The molecule has 0 aliphatic heterocycles. The van der Waals surface area contributed by atoms with Crippen LogP contribution in [0.4, 0.5) is 0 Å². The minimum Gasteiger partial charge on any atom is -0.383 e. The largest absolute Gasteiger partial charge is 0.383 e. The number of thiazole rings is 1. The summed E-state index contributed by atoms with van der Waals surface area (Å²) in [5.74, 6) is -0.274. The Morgan fingerprint density at radius 1 is 1.38 bits per heavy atom. The number of aromatic nitrogens is 3. The van der Waals surface area contributed by atoms with Gasteiger partial charge < -0.3 is 9.30 Å². The van der Waals surface area contributed by atoms with Crippen molar-refractivity contribution in [3.63, 3.8) is 0 Å². The van der Waals surface area contributed by atoms with Gasteiger partial charge in [0.1, 0.15) is 5.69 Å². The van der Waals surface area contributed by atoms with Gasteiger partial charge in [-0.15, -0.1) is 0 Å². The maximum atomic E-state index is 12.6. The standard InChI is InChI=1S/C17H20N4O2S/c1-4-21-14(7-8-18-21)16(22)19-17-20(9-10-23-3)13-6-5-12(2)11-15(13)24-17/h5-8,11H,4,9-10H2,1-3H3. The second-order valence-electron chi connectivity index (χ2n) is 5.45. The highest BCUT2D eigenvalue weighted by Crippen LogP contribution is 2.19. The lowest BCUT2D eigenvalue weighted by atomic mass is 10.2. The number of carbonyl (C=O) groups excluding carboxylic acids is 1. The molecule has 0 saturated heterocycles. The van der Waals surface area contributed by atoms with Gasteiger partial charge in [-0.2, -0.15) is 10.1 Å². The topological polar surface area (TPSA) is 61.4 Å². The number of ether oxygens (including phenoxy) is 1. The van der Waals surface area contributed by atoms with Crippen molar-refractivity contribution in [3.8, 4) is 0 Å². The van der Waals surface area contributed by atoms with E-state index in [4.69, 9.17) is 4.74 Å². The molecule has 126 valence electrons. The van der Waals surface area contributed by atoms with E-state index >= 15 is 0 Å². The summed E-state index contributed by atoms with van der Waals surface area (Å²) in [5, 5.41) is 4.14.